The summed E-state index contributed by atoms with van der Waals surface area (Å²) >= 11 is 0. The van der Waals surface area contributed by atoms with Gasteiger partial charge in [0.05, 0.1) is 5.52 Å². The van der Waals surface area contributed by atoms with E-state index in [4.69, 9.17) is 10.7 Å². The molecule has 0 radical (unpaired) electrons. The number of pyridine rings is 1. The molecule has 0 amide bonds. The Morgan fingerprint density at radius 3 is 2.85 bits per heavy atom. The molecule has 1 heterocycles. The lowest BCUT2D eigenvalue weighted by Gasteiger charge is -2.19. The van der Waals surface area contributed by atoms with Crippen LogP contribution in [0.3, 0.4) is 0 Å². The molecule has 2 heteroatoms. The van der Waals surface area contributed by atoms with Crippen molar-refractivity contribution in [3.63, 3.8) is 0 Å². The van der Waals surface area contributed by atoms with E-state index in [2.05, 4.69) is 37.3 Å². The molecule has 0 bridgehead atoms. The lowest BCUT2D eigenvalue weighted by molar-refractivity contribution is 0.403. The minimum Gasteiger partial charge on any atom is -0.327 e. The van der Waals surface area contributed by atoms with Crippen molar-refractivity contribution in [3.05, 3.63) is 42.1 Å². The SMILES string of the molecule is CCC1CCC(C(N)Cc2ccc3ccccc3n2)C1. The van der Waals surface area contributed by atoms with Gasteiger partial charge in [-0.15, -0.1) is 0 Å². The Balaban J connectivity index is 1.69. The summed E-state index contributed by atoms with van der Waals surface area (Å²) in [5.41, 5.74) is 8.65. The molecule has 1 fully saturated rings. The largest absolute Gasteiger partial charge is 0.327 e. The average Bonchev–Trinajstić information content (AvgIpc) is 2.96. The van der Waals surface area contributed by atoms with E-state index in [1.165, 1.54) is 31.1 Å². The minimum atomic E-state index is 0.264. The predicted octanol–water partition coefficient (Wildman–Crippen LogP) is 3.93. The first-order chi connectivity index (χ1) is 9.76. The summed E-state index contributed by atoms with van der Waals surface area (Å²) in [6.07, 6.45) is 6.18. The number of fused-ring (bicyclic) bond motifs is 1. The first-order valence-corrected chi connectivity index (χ1v) is 7.86. The van der Waals surface area contributed by atoms with Gasteiger partial charge in [-0.05, 0) is 36.8 Å². The van der Waals surface area contributed by atoms with Crippen molar-refractivity contribution >= 4 is 10.9 Å². The van der Waals surface area contributed by atoms with Gasteiger partial charge in [0.25, 0.3) is 0 Å². The molecule has 1 saturated carbocycles. The normalized spacial score (nSPS) is 24.1. The molecule has 0 spiro atoms. The molecule has 1 aliphatic carbocycles. The second kappa shape index (κ2) is 5.92. The van der Waals surface area contributed by atoms with E-state index in [-0.39, 0.29) is 6.04 Å². The zero-order valence-electron chi connectivity index (χ0n) is 12.3. The maximum absolute atomic E-state index is 6.43. The van der Waals surface area contributed by atoms with Crippen LogP contribution in [-0.2, 0) is 6.42 Å². The van der Waals surface area contributed by atoms with Gasteiger partial charge >= 0.3 is 0 Å². The second-order valence-corrected chi connectivity index (χ2v) is 6.21. The average molecular weight is 268 g/mol. The molecule has 0 saturated heterocycles. The van der Waals surface area contributed by atoms with Gasteiger partial charge < -0.3 is 5.73 Å². The quantitative estimate of drug-likeness (QED) is 0.912. The zero-order chi connectivity index (χ0) is 13.9. The van der Waals surface area contributed by atoms with Gasteiger partial charge in [0, 0.05) is 23.5 Å². The Kier molecular flexibility index (Phi) is 4.02. The van der Waals surface area contributed by atoms with Crippen LogP contribution in [0.2, 0.25) is 0 Å². The van der Waals surface area contributed by atoms with Gasteiger partial charge in [-0.1, -0.05) is 44.0 Å². The Hall–Kier alpha value is -1.41. The van der Waals surface area contributed by atoms with Crippen LogP contribution in [0.5, 0.6) is 0 Å². The van der Waals surface area contributed by atoms with Gasteiger partial charge in [0.15, 0.2) is 0 Å². The van der Waals surface area contributed by atoms with E-state index < -0.39 is 0 Å². The molecule has 2 nitrogen and oxygen atoms in total. The number of nitrogens with zero attached hydrogens (tertiary/aromatic N) is 1. The number of nitrogens with two attached hydrogens (primary N) is 1. The molecule has 1 aromatic heterocycles. The van der Waals surface area contributed by atoms with E-state index in [0.29, 0.717) is 5.92 Å². The molecule has 1 aliphatic rings. The van der Waals surface area contributed by atoms with Gasteiger partial charge in [0.1, 0.15) is 0 Å². The van der Waals surface area contributed by atoms with Gasteiger partial charge in [-0.25, -0.2) is 0 Å². The van der Waals surface area contributed by atoms with Gasteiger partial charge in [-0.2, -0.15) is 0 Å². The Labute approximate surface area is 121 Å². The summed E-state index contributed by atoms with van der Waals surface area (Å²) in [6.45, 7) is 2.30. The molecular formula is C18H24N2. The van der Waals surface area contributed by atoms with E-state index in [0.717, 1.165) is 23.5 Å². The fourth-order valence-corrected chi connectivity index (χ4v) is 3.50. The van der Waals surface area contributed by atoms with Crippen LogP contribution in [0.25, 0.3) is 10.9 Å². The first-order valence-electron chi connectivity index (χ1n) is 7.86. The number of hydrogen-bond donors (Lipinski definition) is 1. The molecule has 20 heavy (non-hydrogen) atoms. The van der Waals surface area contributed by atoms with Crippen LogP contribution in [0.15, 0.2) is 36.4 Å². The fourth-order valence-electron chi connectivity index (χ4n) is 3.50. The number of hydrogen-bond acceptors (Lipinski definition) is 2. The molecule has 3 atom stereocenters. The zero-order valence-corrected chi connectivity index (χ0v) is 12.3. The van der Waals surface area contributed by atoms with Crippen molar-refractivity contribution in [1.82, 2.24) is 4.98 Å². The van der Waals surface area contributed by atoms with Crippen LogP contribution in [0.1, 0.15) is 38.3 Å². The Bertz CT molecular complexity index is 578. The summed E-state index contributed by atoms with van der Waals surface area (Å²) in [5.74, 6) is 1.59. The van der Waals surface area contributed by atoms with Crippen LogP contribution in [0.4, 0.5) is 0 Å². The van der Waals surface area contributed by atoms with Gasteiger partial charge in [0.2, 0.25) is 0 Å². The third kappa shape index (κ3) is 2.85. The first kappa shape index (κ1) is 13.6. The van der Waals surface area contributed by atoms with Crippen LogP contribution in [0, 0.1) is 11.8 Å². The maximum Gasteiger partial charge on any atom is 0.0705 e. The number of benzene rings is 1. The molecule has 106 valence electrons. The van der Waals surface area contributed by atoms with Crippen molar-refractivity contribution in [2.24, 2.45) is 17.6 Å². The minimum absolute atomic E-state index is 0.264. The van der Waals surface area contributed by atoms with E-state index in [1.807, 2.05) is 6.07 Å². The predicted molar refractivity (Wildman–Crippen MR) is 84.5 cm³/mol. The lowest BCUT2D eigenvalue weighted by Crippen LogP contribution is -2.31. The molecule has 3 unspecified atom stereocenters. The third-order valence-corrected chi connectivity index (χ3v) is 4.87. The molecule has 1 aromatic carbocycles. The highest BCUT2D eigenvalue weighted by Gasteiger charge is 2.28. The summed E-state index contributed by atoms with van der Waals surface area (Å²) in [7, 11) is 0. The molecule has 2 aromatic rings. The highest BCUT2D eigenvalue weighted by molar-refractivity contribution is 5.78. The van der Waals surface area contributed by atoms with Crippen molar-refractivity contribution < 1.29 is 0 Å². The maximum atomic E-state index is 6.43. The highest BCUT2D eigenvalue weighted by Crippen LogP contribution is 2.35. The standard InChI is InChI=1S/C18H24N2/c1-2-13-7-8-15(11-13)17(19)12-16-10-9-14-5-3-4-6-18(14)20-16/h3-6,9-10,13,15,17H,2,7-8,11-12,19H2,1H3. The summed E-state index contributed by atoms with van der Waals surface area (Å²) in [4.78, 5) is 4.75. The molecule has 2 N–H and O–H groups in total. The Morgan fingerprint density at radius 1 is 1.20 bits per heavy atom. The van der Waals surface area contributed by atoms with Crippen LogP contribution < -0.4 is 5.73 Å². The fraction of sp³-hybridized carbons (Fsp3) is 0.500. The number of rotatable bonds is 4. The van der Waals surface area contributed by atoms with Gasteiger partial charge in [-0.3, -0.25) is 4.98 Å². The summed E-state index contributed by atoms with van der Waals surface area (Å²) in [6, 6.07) is 12.8. The summed E-state index contributed by atoms with van der Waals surface area (Å²) in [5, 5.41) is 1.21. The van der Waals surface area contributed by atoms with Crippen molar-refractivity contribution in [2.75, 3.05) is 0 Å². The van der Waals surface area contributed by atoms with Crippen molar-refractivity contribution in [1.29, 1.82) is 0 Å². The second-order valence-electron chi connectivity index (χ2n) is 6.21. The third-order valence-electron chi connectivity index (χ3n) is 4.87. The van der Waals surface area contributed by atoms with Crippen LogP contribution >= 0.6 is 0 Å². The topological polar surface area (TPSA) is 38.9 Å². The van der Waals surface area contributed by atoms with E-state index in [1.54, 1.807) is 0 Å². The lowest BCUT2D eigenvalue weighted by atomic mass is 9.93. The molecule has 0 aliphatic heterocycles. The van der Waals surface area contributed by atoms with Crippen molar-refractivity contribution in [2.45, 2.75) is 45.1 Å². The highest BCUT2D eigenvalue weighted by atomic mass is 14.7. The number of para-hydroxylation sites is 1. The van der Waals surface area contributed by atoms with Crippen LogP contribution in [-0.4, -0.2) is 11.0 Å². The Morgan fingerprint density at radius 2 is 2.05 bits per heavy atom. The monoisotopic (exact) mass is 268 g/mol. The molecule has 3 rings (SSSR count). The van der Waals surface area contributed by atoms with E-state index in [9.17, 15) is 0 Å². The van der Waals surface area contributed by atoms with E-state index >= 15 is 0 Å². The molecular weight excluding hydrogens is 244 g/mol. The van der Waals surface area contributed by atoms with Crippen molar-refractivity contribution in [3.8, 4) is 0 Å². The smallest absolute Gasteiger partial charge is 0.0705 e. The summed E-state index contributed by atoms with van der Waals surface area (Å²) < 4.78 is 0. The number of aromatic nitrogens is 1.